The van der Waals surface area contributed by atoms with E-state index in [4.69, 9.17) is 0 Å². The molecule has 4 nitrogen and oxygen atoms in total. The summed E-state index contributed by atoms with van der Waals surface area (Å²) in [5, 5.41) is 6.75. The van der Waals surface area contributed by atoms with Gasteiger partial charge in [-0.2, -0.15) is 11.8 Å². The molecule has 0 aliphatic carbocycles. The first-order valence-corrected chi connectivity index (χ1v) is 7.54. The van der Waals surface area contributed by atoms with E-state index in [1.54, 1.807) is 0 Å². The number of nitrogens with one attached hydrogen (secondary N) is 2. The molecule has 0 saturated heterocycles. The Balaban J connectivity index is 4.23. The number of rotatable bonds is 6. The maximum absolute atomic E-state index is 4.25. The fourth-order valence-corrected chi connectivity index (χ4v) is 1.26. The van der Waals surface area contributed by atoms with Gasteiger partial charge in [-0.25, -0.2) is 0 Å². The van der Waals surface area contributed by atoms with E-state index in [2.05, 4.69) is 68.6 Å². The Bertz CT molecular complexity index is 272. The van der Waals surface area contributed by atoms with Crippen LogP contribution in [0.3, 0.4) is 0 Å². The third kappa shape index (κ3) is 6.50. The molecule has 0 saturated carbocycles. The number of aliphatic imine (C=N–C) groups is 1. The summed E-state index contributed by atoms with van der Waals surface area (Å²) < 4.78 is 0.217. The average molecular weight is 274 g/mol. The monoisotopic (exact) mass is 274 g/mol. The van der Waals surface area contributed by atoms with Crippen molar-refractivity contribution in [2.24, 2.45) is 4.99 Å². The van der Waals surface area contributed by atoms with Crippen LogP contribution < -0.4 is 10.6 Å². The highest BCUT2D eigenvalue weighted by molar-refractivity contribution is 7.99. The van der Waals surface area contributed by atoms with Crippen LogP contribution in [0.4, 0.5) is 0 Å². The summed E-state index contributed by atoms with van der Waals surface area (Å²) in [6, 6.07) is 0. The van der Waals surface area contributed by atoms with Crippen molar-refractivity contribution in [1.82, 2.24) is 15.5 Å². The molecular weight excluding hydrogens is 244 g/mol. The molecule has 0 aliphatic rings. The number of guanidine groups is 1. The van der Waals surface area contributed by atoms with Crippen LogP contribution >= 0.6 is 11.8 Å². The quantitative estimate of drug-likeness (QED) is 0.570. The van der Waals surface area contributed by atoms with E-state index >= 15 is 0 Å². The summed E-state index contributed by atoms with van der Waals surface area (Å²) in [7, 11) is 5.99. The summed E-state index contributed by atoms with van der Waals surface area (Å²) in [4.78, 5) is 6.46. The van der Waals surface area contributed by atoms with E-state index < -0.39 is 0 Å². The standard InChI is InChI=1S/C13H30N4S/c1-12(2,17(6)7)9-15-11(14-5)16-10-13(3,4)18-8/h9-10H2,1-8H3,(H2,14,15,16). The van der Waals surface area contributed by atoms with Crippen LogP contribution in [0, 0.1) is 0 Å². The predicted octanol–water partition coefficient (Wildman–Crippen LogP) is 1.63. The summed E-state index contributed by atoms with van der Waals surface area (Å²) in [5.41, 5.74) is 0.104. The molecule has 0 radical (unpaired) electrons. The van der Waals surface area contributed by atoms with Crippen molar-refractivity contribution in [2.45, 2.75) is 38.0 Å². The number of thioether (sulfide) groups is 1. The van der Waals surface area contributed by atoms with Crippen LogP contribution in [0.15, 0.2) is 4.99 Å². The molecule has 0 aromatic rings. The van der Waals surface area contributed by atoms with Gasteiger partial charge in [-0.3, -0.25) is 4.99 Å². The molecule has 0 amide bonds. The summed E-state index contributed by atoms with van der Waals surface area (Å²) in [6.07, 6.45) is 2.13. The summed E-state index contributed by atoms with van der Waals surface area (Å²) in [5.74, 6) is 0.868. The Hall–Kier alpha value is -0.420. The van der Waals surface area contributed by atoms with Gasteiger partial charge in [0, 0.05) is 30.4 Å². The van der Waals surface area contributed by atoms with Crippen LogP contribution in [0.2, 0.25) is 0 Å². The van der Waals surface area contributed by atoms with Gasteiger partial charge in [-0.05, 0) is 48.0 Å². The topological polar surface area (TPSA) is 39.7 Å². The molecule has 0 bridgehead atoms. The molecule has 0 unspecified atom stereocenters. The summed E-state index contributed by atoms with van der Waals surface area (Å²) >= 11 is 1.85. The highest BCUT2D eigenvalue weighted by atomic mass is 32.2. The minimum absolute atomic E-state index is 0.104. The molecule has 0 fully saturated rings. The number of nitrogens with zero attached hydrogens (tertiary/aromatic N) is 2. The van der Waals surface area contributed by atoms with Crippen LogP contribution in [-0.4, -0.2) is 61.6 Å². The van der Waals surface area contributed by atoms with Gasteiger partial charge in [0.05, 0.1) is 0 Å². The molecule has 0 spiro atoms. The molecule has 0 rings (SSSR count). The predicted molar refractivity (Wildman–Crippen MR) is 84.7 cm³/mol. The highest BCUT2D eigenvalue weighted by Gasteiger charge is 2.21. The Morgan fingerprint density at radius 1 is 1.11 bits per heavy atom. The van der Waals surface area contributed by atoms with E-state index in [0.29, 0.717) is 0 Å². The lowest BCUT2D eigenvalue weighted by atomic mass is 10.0. The van der Waals surface area contributed by atoms with Crippen molar-refractivity contribution >= 4 is 17.7 Å². The molecule has 5 heteroatoms. The molecule has 2 N–H and O–H groups in total. The fraction of sp³-hybridized carbons (Fsp3) is 0.923. The molecule has 0 aromatic heterocycles. The first kappa shape index (κ1) is 17.6. The third-order valence-electron chi connectivity index (χ3n) is 3.36. The van der Waals surface area contributed by atoms with Gasteiger partial charge in [0.15, 0.2) is 5.96 Å². The van der Waals surface area contributed by atoms with E-state index in [1.165, 1.54) is 0 Å². The van der Waals surface area contributed by atoms with Gasteiger partial charge < -0.3 is 15.5 Å². The van der Waals surface area contributed by atoms with E-state index in [-0.39, 0.29) is 10.3 Å². The van der Waals surface area contributed by atoms with Gasteiger partial charge in [0.1, 0.15) is 0 Å². The lowest BCUT2D eigenvalue weighted by Crippen LogP contribution is -2.52. The average Bonchev–Trinajstić information content (AvgIpc) is 2.29. The molecule has 0 heterocycles. The second-order valence-electron chi connectivity index (χ2n) is 5.95. The molecule has 0 aliphatic heterocycles. The second-order valence-corrected chi connectivity index (χ2v) is 7.46. The Morgan fingerprint density at radius 2 is 1.61 bits per heavy atom. The Morgan fingerprint density at radius 3 is 2.00 bits per heavy atom. The third-order valence-corrected chi connectivity index (χ3v) is 4.61. The highest BCUT2D eigenvalue weighted by Crippen LogP contribution is 2.19. The van der Waals surface area contributed by atoms with E-state index in [0.717, 1.165) is 19.0 Å². The second kappa shape index (κ2) is 7.24. The Labute approximate surface area is 117 Å². The first-order valence-electron chi connectivity index (χ1n) is 6.32. The number of hydrogen-bond acceptors (Lipinski definition) is 3. The van der Waals surface area contributed by atoms with Crippen LogP contribution in [0.25, 0.3) is 0 Å². The van der Waals surface area contributed by atoms with Crippen molar-refractivity contribution in [2.75, 3.05) is 40.5 Å². The normalized spacial score (nSPS) is 13.9. The number of likely N-dealkylation sites (N-methyl/N-ethyl adjacent to an activating group) is 1. The van der Waals surface area contributed by atoms with Gasteiger partial charge in [-0.15, -0.1) is 0 Å². The van der Waals surface area contributed by atoms with Crippen molar-refractivity contribution < 1.29 is 0 Å². The van der Waals surface area contributed by atoms with Gasteiger partial charge >= 0.3 is 0 Å². The summed E-state index contributed by atoms with van der Waals surface area (Å²) in [6.45, 7) is 10.6. The van der Waals surface area contributed by atoms with Gasteiger partial charge in [0.2, 0.25) is 0 Å². The first-order chi connectivity index (χ1) is 8.14. The van der Waals surface area contributed by atoms with Crippen molar-refractivity contribution in [1.29, 1.82) is 0 Å². The van der Waals surface area contributed by atoms with E-state index in [9.17, 15) is 0 Å². The molecule has 0 aromatic carbocycles. The molecule has 108 valence electrons. The van der Waals surface area contributed by atoms with Crippen molar-refractivity contribution in [3.05, 3.63) is 0 Å². The zero-order chi connectivity index (χ0) is 14.4. The Kier molecular flexibility index (Phi) is 7.07. The van der Waals surface area contributed by atoms with Crippen LogP contribution in [0.1, 0.15) is 27.7 Å². The van der Waals surface area contributed by atoms with Crippen LogP contribution in [-0.2, 0) is 0 Å². The SMILES string of the molecule is CN=C(NCC(C)(C)SC)NCC(C)(C)N(C)C. The fourth-order valence-electron chi connectivity index (χ4n) is 1.05. The van der Waals surface area contributed by atoms with Crippen molar-refractivity contribution in [3.8, 4) is 0 Å². The van der Waals surface area contributed by atoms with Crippen molar-refractivity contribution in [3.63, 3.8) is 0 Å². The van der Waals surface area contributed by atoms with Gasteiger partial charge in [0.25, 0.3) is 0 Å². The molecule has 18 heavy (non-hydrogen) atoms. The maximum atomic E-state index is 4.25. The number of hydrogen-bond donors (Lipinski definition) is 2. The van der Waals surface area contributed by atoms with Gasteiger partial charge in [-0.1, -0.05) is 0 Å². The largest absolute Gasteiger partial charge is 0.355 e. The lowest BCUT2D eigenvalue weighted by molar-refractivity contribution is 0.197. The smallest absolute Gasteiger partial charge is 0.191 e. The minimum atomic E-state index is 0.104. The lowest BCUT2D eigenvalue weighted by Gasteiger charge is -2.33. The molecule has 0 atom stereocenters. The zero-order valence-corrected chi connectivity index (χ0v) is 14.0. The maximum Gasteiger partial charge on any atom is 0.191 e. The minimum Gasteiger partial charge on any atom is -0.355 e. The van der Waals surface area contributed by atoms with E-state index in [1.807, 2.05) is 18.8 Å². The van der Waals surface area contributed by atoms with Crippen LogP contribution in [0.5, 0.6) is 0 Å². The molecular formula is C13H30N4S. The zero-order valence-electron chi connectivity index (χ0n) is 13.2.